The number of hydrogen-bond donors (Lipinski definition) is 0. The smallest absolute Gasteiger partial charge is 0.338 e. The molecular formula is C21H22O6. The molecule has 0 aromatic heterocycles. The first kappa shape index (κ1) is 19.1. The second-order valence-electron chi connectivity index (χ2n) is 6.29. The van der Waals surface area contributed by atoms with Crippen LogP contribution in [0.3, 0.4) is 0 Å². The van der Waals surface area contributed by atoms with Crippen LogP contribution >= 0.6 is 0 Å². The topological polar surface area (TPSA) is 71.1 Å². The minimum absolute atomic E-state index is 0.270. The maximum absolute atomic E-state index is 12.5. The summed E-state index contributed by atoms with van der Waals surface area (Å²) in [5.41, 5.74) is 0.852. The van der Waals surface area contributed by atoms with Gasteiger partial charge in [-0.15, -0.1) is 0 Å². The first-order valence-corrected chi connectivity index (χ1v) is 8.79. The van der Waals surface area contributed by atoms with Gasteiger partial charge in [0.2, 0.25) is 0 Å². The highest BCUT2D eigenvalue weighted by molar-refractivity contribution is 5.90. The number of carbonyl (C=O) groups excluding carboxylic acids is 2. The maximum atomic E-state index is 12.5. The highest BCUT2D eigenvalue weighted by atomic mass is 16.7. The average molecular weight is 370 g/mol. The first-order chi connectivity index (χ1) is 13.1. The van der Waals surface area contributed by atoms with Gasteiger partial charge in [-0.1, -0.05) is 36.4 Å². The van der Waals surface area contributed by atoms with Crippen molar-refractivity contribution in [2.24, 2.45) is 0 Å². The van der Waals surface area contributed by atoms with Gasteiger partial charge in [-0.25, -0.2) is 9.59 Å². The van der Waals surface area contributed by atoms with E-state index in [-0.39, 0.29) is 6.42 Å². The van der Waals surface area contributed by atoms with Crippen molar-refractivity contribution < 1.29 is 28.5 Å². The summed E-state index contributed by atoms with van der Waals surface area (Å²) in [7, 11) is 1.52. The van der Waals surface area contributed by atoms with E-state index in [0.717, 1.165) is 0 Å². The molecule has 0 amide bonds. The molecule has 1 fully saturated rings. The van der Waals surface area contributed by atoms with E-state index in [1.807, 2.05) is 12.1 Å². The lowest BCUT2D eigenvalue weighted by atomic mass is 10.0. The standard InChI is InChI=1S/C21H22O6/c1-14-19(27-21(23)16-11-7-4-8-12-16)17(13-18(24-2)25-14)26-20(22)15-9-5-3-6-10-15/h3-12,14,17-19H,13H2,1-2H3/t14-,17-,18+,19+/m1/s1. The lowest BCUT2D eigenvalue weighted by molar-refractivity contribution is -0.236. The average Bonchev–Trinajstić information content (AvgIpc) is 2.71. The van der Waals surface area contributed by atoms with Crippen molar-refractivity contribution in [1.29, 1.82) is 0 Å². The first-order valence-electron chi connectivity index (χ1n) is 8.79. The van der Waals surface area contributed by atoms with E-state index in [0.29, 0.717) is 11.1 Å². The SMILES string of the molecule is CO[C@@H]1C[C@@H](OC(=O)c2ccccc2)[C@@H](OC(=O)c2ccccc2)[C@@H](C)O1. The van der Waals surface area contributed by atoms with Crippen LogP contribution in [0.4, 0.5) is 0 Å². The molecule has 0 aliphatic carbocycles. The summed E-state index contributed by atoms with van der Waals surface area (Å²) in [6.45, 7) is 1.76. The molecule has 0 N–H and O–H groups in total. The van der Waals surface area contributed by atoms with E-state index in [1.165, 1.54) is 7.11 Å². The van der Waals surface area contributed by atoms with Gasteiger partial charge in [0.15, 0.2) is 12.4 Å². The molecule has 1 saturated heterocycles. The van der Waals surface area contributed by atoms with Gasteiger partial charge in [0.25, 0.3) is 0 Å². The molecule has 27 heavy (non-hydrogen) atoms. The fraction of sp³-hybridized carbons (Fsp3) is 0.333. The van der Waals surface area contributed by atoms with Gasteiger partial charge in [0, 0.05) is 13.5 Å². The van der Waals surface area contributed by atoms with Crippen molar-refractivity contribution in [1.82, 2.24) is 0 Å². The molecule has 1 aliphatic rings. The van der Waals surface area contributed by atoms with E-state index in [2.05, 4.69) is 0 Å². The largest absolute Gasteiger partial charge is 0.455 e. The molecule has 0 spiro atoms. The Morgan fingerprint density at radius 1 is 0.889 bits per heavy atom. The molecule has 1 heterocycles. The fourth-order valence-corrected chi connectivity index (χ4v) is 2.98. The Morgan fingerprint density at radius 2 is 1.41 bits per heavy atom. The van der Waals surface area contributed by atoms with Gasteiger partial charge in [-0.3, -0.25) is 0 Å². The Bertz CT molecular complexity index is 761. The third-order valence-corrected chi connectivity index (χ3v) is 4.40. The maximum Gasteiger partial charge on any atom is 0.338 e. The summed E-state index contributed by atoms with van der Waals surface area (Å²) in [6, 6.07) is 17.3. The molecule has 6 heteroatoms. The van der Waals surface area contributed by atoms with Crippen LogP contribution < -0.4 is 0 Å². The number of carbonyl (C=O) groups is 2. The number of rotatable bonds is 5. The Morgan fingerprint density at radius 3 is 1.93 bits per heavy atom. The van der Waals surface area contributed by atoms with E-state index in [9.17, 15) is 9.59 Å². The third kappa shape index (κ3) is 4.72. The van der Waals surface area contributed by atoms with Crippen molar-refractivity contribution in [3.63, 3.8) is 0 Å². The van der Waals surface area contributed by atoms with Crippen molar-refractivity contribution in [3.05, 3.63) is 71.8 Å². The molecule has 3 rings (SSSR count). The fourth-order valence-electron chi connectivity index (χ4n) is 2.98. The van der Waals surface area contributed by atoms with Gasteiger partial charge in [0.05, 0.1) is 17.2 Å². The predicted octanol–water partition coefficient (Wildman–Crippen LogP) is 3.22. The van der Waals surface area contributed by atoms with Crippen molar-refractivity contribution in [2.45, 2.75) is 37.9 Å². The zero-order valence-electron chi connectivity index (χ0n) is 15.2. The molecule has 2 aromatic rings. The zero-order valence-corrected chi connectivity index (χ0v) is 15.2. The molecule has 6 nitrogen and oxygen atoms in total. The number of benzene rings is 2. The Labute approximate surface area is 158 Å². The Kier molecular flexibility index (Phi) is 6.21. The van der Waals surface area contributed by atoms with Crippen LogP contribution in [-0.2, 0) is 18.9 Å². The van der Waals surface area contributed by atoms with Crippen molar-refractivity contribution in [2.75, 3.05) is 7.11 Å². The molecule has 4 atom stereocenters. The minimum atomic E-state index is -0.739. The highest BCUT2D eigenvalue weighted by Gasteiger charge is 2.42. The van der Waals surface area contributed by atoms with Crippen molar-refractivity contribution in [3.8, 4) is 0 Å². The van der Waals surface area contributed by atoms with Gasteiger partial charge < -0.3 is 18.9 Å². The van der Waals surface area contributed by atoms with Crippen LogP contribution in [0.2, 0.25) is 0 Å². The van der Waals surface area contributed by atoms with E-state index in [1.54, 1.807) is 55.5 Å². The molecule has 2 aromatic carbocycles. The van der Waals surface area contributed by atoms with E-state index >= 15 is 0 Å². The monoisotopic (exact) mass is 370 g/mol. The lowest BCUT2D eigenvalue weighted by Gasteiger charge is -2.38. The molecule has 0 unspecified atom stereocenters. The van der Waals surface area contributed by atoms with Crippen molar-refractivity contribution >= 4 is 11.9 Å². The van der Waals surface area contributed by atoms with Crippen LogP contribution in [0.5, 0.6) is 0 Å². The molecule has 142 valence electrons. The van der Waals surface area contributed by atoms with Gasteiger partial charge in [0.1, 0.15) is 6.10 Å². The summed E-state index contributed by atoms with van der Waals surface area (Å²) in [4.78, 5) is 24.9. The number of methoxy groups -OCH3 is 1. The van der Waals surface area contributed by atoms with E-state index < -0.39 is 36.5 Å². The lowest BCUT2D eigenvalue weighted by Crippen LogP contribution is -2.51. The van der Waals surface area contributed by atoms with Gasteiger partial charge in [-0.05, 0) is 31.2 Å². The number of hydrogen-bond acceptors (Lipinski definition) is 6. The van der Waals surface area contributed by atoms with Crippen LogP contribution in [0.15, 0.2) is 60.7 Å². The number of ether oxygens (including phenoxy) is 4. The quantitative estimate of drug-likeness (QED) is 0.753. The van der Waals surface area contributed by atoms with Crippen LogP contribution in [-0.4, -0.2) is 43.7 Å². The summed E-state index contributed by atoms with van der Waals surface area (Å²) >= 11 is 0. The highest BCUT2D eigenvalue weighted by Crippen LogP contribution is 2.27. The predicted molar refractivity (Wildman–Crippen MR) is 97.3 cm³/mol. The molecular weight excluding hydrogens is 348 g/mol. The van der Waals surface area contributed by atoms with Gasteiger partial charge >= 0.3 is 11.9 Å². The van der Waals surface area contributed by atoms with Crippen LogP contribution in [0.1, 0.15) is 34.1 Å². The number of esters is 2. The molecule has 0 bridgehead atoms. The second kappa shape index (κ2) is 8.79. The van der Waals surface area contributed by atoms with E-state index in [4.69, 9.17) is 18.9 Å². The molecule has 0 radical (unpaired) electrons. The summed E-state index contributed by atoms with van der Waals surface area (Å²) in [5, 5.41) is 0. The Balaban J connectivity index is 1.76. The molecule has 0 saturated carbocycles. The summed E-state index contributed by atoms with van der Waals surface area (Å²) in [6.07, 6.45) is -2.19. The summed E-state index contributed by atoms with van der Waals surface area (Å²) in [5.74, 6) is -0.974. The second-order valence-corrected chi connectivity index (χ2v) is 6.29. The normalized spacial score (nSPS) is 24.8. The van der Waals surface area contributed by atoms with Crippen LogP contribution in [0, 0.1) is 0 Å². The minimum Gasteiger partial charge on any atom is -0.455 e. The van der Waals surface area contributed by atoms with Crippen LogP contribution in [0.25, 0.3) is 0 Å². The third-order valence-electron chi connectivity index (χ3n) is 4.40. The zero-order chi connectivity index (χ0) is 19.2. The van der Waals surface area contributed by atoms with Gasteiger partial charge in [-0.2, -0.15) is 0 Å². The molecule has 1 aliphatic heterocycles. The summed E-state index contributed by atoms with van der Waals surface area (Å²) < 4.78 is 22.3. The Hall–Kier alpha value is -2.70.